The van der Waals surface area contributed by atoms with Crippen molar-refractivity contribution in [3.63, 3.8) is 0 Å². The zero-order chi connectivity index (χ0) is 9.03. The van der Waals surface area contributed by atoms with E-state index in [9.17, 15) is 0 Å². The zero-order valence-electron chi connectivity index (χ0n) is 8.01. The molecule has 0 bridgehead atoms. The van der Waals surface area contributed by atoms with Crippen molar-refractivity contribution in [1.82, 2.24) is 0 Å². The second kappa shape index (κ2) is 4.21. The van der Waals surface area contributed by atoms with Gasteiger partial charge in [0.15, 0.2) is 5.79 Å². The van der Waals surface area contributed by atoms with Crippen molar-refractivity contribution >= 4 is 0 Å². The number of hydrogen-bond donors (Lipinski definition) is 1. The van der Waals surface area contributed by atoms with Gasteiger partial charge in [0.2, 0.25) is 0 Å². The molecule has 3 heteroatoms. The Bertz CT molecular complexity index is 136. The zero-order valence-corrected chi connectivity index (χ0v) is 8.01. The molecule has 1 aliphatic heterocycles. The SMILES string of the molecule is CC1(C)OC[C@@H](CCCCN)O1. The first-order chi connectivity index (χ1) is 5.64. The van der Waals surface area contributed by atoms with Crippen LogP contribution in [-0.2, 0) is 9.47 Å². The maximum absolute atomic E-state index is 5.63. The van der Waals surface area contributed by atoms with Gasteiger partial charge in [-0.1, -0.05) is 0 Å². The molecule has 0 aromatic rings. The monoisotopic (exact) mass is 173 g/mol. The quantitative estimate of drug-likeness (QED) is 0.651. The Labute approximate surface area is 74.2 Å². The van der Waals surface area contributed by atoms with Crippen molar-refractivity contribution in [3.05, 3.63) is 0 Å². The normalized spacial score (nSPS) is 27.8. The molecule has 2 N–H and O–H groups in total. The Morgan fingerprint density at radius 2 is 2.17 bits per heavy atom. The van der Waals surface area contributed by atoms with Crippen molar-refractivity contribution in [3.8, 4) is 0 Å². The summed E-state index contributed by atoms with van der Waals surface area (Å²) in [6.45, 7) is 5.42. The minimum atomic E-state index is -0.368. The highest BCUT2D eigenvalue weighted by Gasteiger charge is 2.31. The molecule has 1 atom stereocenters. The van der Waals surface area contributed by atoms with Crippen LogP contribution in [0.4, 0.5) is 0 Å². The summed E-state index contributed by atoms with van der Waals surface area (Å²) >= 11 is 0. The summed E-state index contributed by atoms with van der Waals surface area (Å²) in [5, 5.41) is 0. The van der Waals surface area contributed by atoms with Gasteiger partial charge in [-0.25, -0.2) is 0 Å². The molecule has 0 aliphatic carbocycles. The third kappa shape index (κ3) is 3.09. The number of rotatable bonds is 4. The summed E-state index contributed by atoms with van der Waals surface area (Å²) in [7, 11) is 0. The van der Waals surface area contributed by atoms with Crippen molar-refractivity contribution < 1.29 is 9.47 Å². The molecule has 1 saturated heterocycles. The molecule has 12 heavy (non-hydrogen) atoms. The van der Waals surface area contributed by atoms with Gasteiger partial charge < -0.3 is 15.2 Å². The van der Waals surface area contributed by atoms with E-state index in [4.69, 9.17) is 15.2 Å². The minimum Gasteiger partial charge on any atom is -0.348 e. The second-order valence-corrected chi connectivity index (χ2v) is 3.74. The molecule has 3 nitrogen and oxygen atoms in total. The largest absolute Gasteiger partial charge is 0.348 e. The number of unbranched alkanes of at least 4 members (excludes halogenated alkanes) is 1. The van der Waals surface area contributed by atoms with E-state index in [1.54, 1.807) is 0 Å². The molecule has 0 amide bonds. The summed E-state index contributed by atoms with van der Waals surface area (Å²) in [5.74, 6) is -0.368. The van der Waals surface area contributed by atoms with Gasteiger partial charge in [0.25, 0.3) is 0 Å². The molecule has 0 unspecified atom stereocenters. The molecule has 0 radical (unpaired) electrons. The smallest absolute Gasteiger partial charge is 0.163 e. The van der Waals surface area contributed by atoms with Gasteiger partial charge in [-0.3, -0.25) is 0 Å². The van der Waals surface area contributed by atoms with Crippen LogP contribution >= 0.6 is 0 Å². The van der Waals surface area contributed by atoms with E-state index in [2.05, 4.69) is 0 Å². The van der Waals surface area contributed by atoms with E-state index >= 15 is 0 Å². The lowest BCUT2D eigenvalue weighted by Gasteiger charge is -2.16. The highest BCUT2D eigenvalue weighted by atomic mass is 16.7. The van der Waals surface area contributed by atoms with Crippen LogP contribution in [0.15, 0.2) is 0 Å². The van der Waals surface area contributed by atoms with Crippen LogP contribution in [0.5, 0.6) is 0 Å². The second-order valence-electron chi connectivity index (χ2n) is 3.74. The Morgan fingerprint density at radius 3 is 2.67 bits per heavy atom. The highest BCUT2D eigenvalue weighted by molar-refractivity contribution is 4.70. The molecule has 0 saturated carbocycles. The lowest BCUT2D eigenvalue weighted by molar-refractivity contribution is -0.139. The van der Waals surface area contributed by atoms with Crippen LogP contribution < -0.4 is 5.73 Å². The molecule has 1 fully saturated rings. The molecular formula is C9H19NO2. The molecule has 1 heterocycles. The number of ether oxygens (including phenoxy) is 2. The van der Waals surface area contributed by atoms with Gasteiger partial charge in [-0.05, 0) is 39.7 Å². The lowest BCUT2D eigenvalue weighted by atomic mass is 10.1. The minimum absolute atomic E-state index is 0.284. The standard InChI is InChI=1S/C9H19NO2/c1-9(2)11-7-8(12-9)5-3-4-6-10/h8H,3-7,10H2,1-2H3/t8-/m1/s1. The van der Waals surface area contributed by atoms with Crippen LogP contribution in [0, 0.1) is 0 Å². The van der Waals surface area contributed by atoms with E-state index < -0.39 is 0 Å². The van der Waals surface area contributed by atoms with Crippen LogP contribution in [0.25, 0.3) is 0 Å². The first-order valence-corrected chi connectivity index (χ1v) is 4.66. The average molecular weight is 173 g/mol. The third-order valence-corrected chi connectivity index (χ3v) is 2.05. The summed E-state index contributed by atoms with van der Waals surface area (Å²) in [6, 6.07) is 0. The maximum atomic E-state index is 5.63. The first kappa shape index (κ1) is 9.96. The van der Waals surface area contributed by atoms with Crippen LogP contribution in [-0.4, -0.2) is 25.0 Å². The van der Waals surface area contributed by atoms with E-state index in [0.717, 1.165) is 32.4 Å². The van der Waals surface area contributed by atoms with Crippen LogP contribution in [0.3, 0.4) is 0 Å². The van der Waals surface area contributed by atoms with Gasteiger partial charge in [0.05, 0.1) is 12.7 Å². The van der Waals surface area contributed by atoms with E-state index in [1.807, 2.05) is 13.8 Å². The number of hydrogen-bond acceptors (Lipinski definition) is 3. The number of nitrogens with two attached hydrogens (primary N) is 1. The molecule has 1 aliphatic rings. The lowest BCUT2D eigenvalue weighted by Crippen LogP contribution is -2.21. The summed E-state index contributed by atoms with van der Waals surface area (Å²) in [5.41, 5.74) is 5.39. The third-order valence-electron chi connectivity index (χ3n) is 2.05. The van der Waals surface area contributed by atoms with E-state index in [0.29, 0.717) is 0 Å². The highest BCUT2D eigenvalue weighted by Crippen LogP contribution is 2.24. The van der Waals surface area contributed by atoms with Gasteiger partial charge in [-0.15, -0.1) is 0 Å². The molecule has 1 rings (SSSR count). The molecule has 0 aromatic carbocycles. The van der Waals surface area contributed by atoms with Crippen molar-refractivity contribution in [2.45, 2.75) is 45.0 Å². The molecular weight excluding hydrogens is 154 g/mol. The van der Waals surface area contributed by atoms with Crippen LogP contribution in [0.1, 0.15) is 33.1 Å². The van der Waals surface area contributed by atoms with Gasteiger partial charge in [0.1, 0.15) is 0 Å². The maximum Gasteiger partial charge on any atom is 0.163 e. The van der Waals surface area contributed by atoms with Gasteiger partial charge >= 0.3 is 0 Å². The Kier molecular flexibility index (Phi) is 3.50. The van der Waals surface area contributed by atoms with Crippen LogP contribution in [0.2, 0.25) is 0 Å². The summed E-state index contributed by atoms with van der Waals surface area (Å²) in [6.07, 6.45) is 3.58. The fourth-order valence-electron chi connectivity index (χ4n) is 1.42. The molecule has 0 aromatic heterocycles. The Balaban J connectivity index is 2.11. The van der Waals surface area contributed by atoms with E-state index in [1.165, 1.54) is 0 Å². The predicted molar refractivity (Wildman–Crippen MR) is 47.8 cm³/mol. The van der Waals surface area contributed by atoms with Crippen molar-refractivity contribution in [2.75, 3.05) is 13.2 Å². The van der Waals surface area contributed by atoms with Crippen molar-refractivity contribution in [1.29, 1.82) is 0 Å². The molecule has 72 valence electrons. The Hall–Kier alpha value is -0.120. The predicted octanol–water partition coefficient (Wildman–Crippen LogP) is 1.27. The fourth-order valence-corrected chi connectivity index (χ4v) is 1.42. The summed E-state index contributed by atoms with van der Waals surface area (Å²) < 4.78 is 11.1. The topological polar surface area (TPSA) is 44.5 Å². The fraction of sp³-hybridized carbons (Fsp3) is 1.00. The Morgan fingerprint density at radius 1 is 1.42 bits per heavy atom. The molecule has 0 spiro atoms. The van der Waals surface area contributed by atoms with Crippen molar-refractivity contribution in [2.24, 2.45) is 5.73 Å². The first-order valence-electron chi connectivity index (χ1n) is 4.66. The van der Waals surface area contributed by atoms with Gasteiger partial charge in [-0.2, -0.15) is 0 Å². The van der Waals surface area contributed by atoms with Gasteiger partial charge in [0, 0.05) is 0 Å². The summed E-state index contributed by atoms with van der Waals surface area (Å²) in [4.78, 5) is 0. The average Bonchev–Trinajstić information content (AvgIpc) is 2.31. The van der Waals surface area contributed by atoms with E-state index in [-0.39, 0.29) is 11.9 Å².